The number of aromatic nitrogens is 1. The second-order valence-electron chi connectivity index (χ2n) is 4.50. The van der Waals surface area contributed by atoms with Crippen molar-refractivity contribution in [3.05, 3.63) is 36.0 Å². The van der Waals surface area contributed by atoms with Crippen molar-refractivity contribution < 1.29 is 4.74 Å². The molecular formula is C13H16N2O. The number of aromatic amines is 1. The normalized spacial score (nSPS) is 26.1. The van der Waals surface area contributed by atoms with Crippen LogP contribution in [-0.4, -0.2) is 24.7 Å². The average Bonchev–Trinajstić information content (AvgIpc) is 2.74. The summed E-state index contributed by atoms with van der Waals surface area (Å²) in [7, 11) is 0. The SMILES string of the molecule is CC1(c2c[nH]c3ccccc23)CNCCO1. The van der Waals surface area contributed by atoms with Crippen LogP contribution in [0.4, 0.5) is 0 Å². The van der Waals surface area contributed by atoms with Crippen molar-refractivity contribution in [1.29, 1.82) is 0 Å². The topological polar surface area (TPSA) is 37.0 Å². The third kappa shape index (κ3) is 1.44. The molecule has 1 aliphatic heterocycles. The number of para-hydroxylation sites is 1. The van der Waals surface area contributed by atoms with E-state index in [4.69, 9.17) is 4.74 Å². The van der Waals surface area contributed by atoms with Crippen molar-refractivity contribution in [1.82, 2.24) is 10.3 Å². The summed E-state index contributed by atoms with van der Waals surface area (Å²) in [6.45, 7) is 4.73. The third-order valence-electron chi connectivity index (χ3n) is 3.32. The lowest BCUT2D eigenvalue weighted by Crippen LogP contribution is -2.45. The number of rotatable bonds is 1. The highest BCUT2D eigenvalue weighted by Gasteiger charge is 2.31. The van der Waals surface area contributed by atoms with Gasteiger partial charge in [0.15, 0.2) is 0 Å². The molecule has 2 aromatic rings. The Morgan fingerprint density at radius 1 is 1.31 bits per heavy atom. The van der Waals surface area contributed by atoms with Crippen molar-refractivity contribution in [2.75, 3.05) is 19.7 Å². The molecule has 1 unspecified atom stereocenters. The highest BCUT2D eigenvalue weighted by Crippen LogP contribution is 2.32. The number of hydrogen-bond donors (Lipinski definition) is 2. The summed E-state index contributed by atoms with van der Waals surface area (Å²) in [5.74, 6) is 0. The van der Waals surface area contributed by atoms with Gasteiger partial charge in [-0.1, -0.05) is 18.2 Å². The molecule has 2 heterocycles. The van der Waals surface area contributed by atoms with Gasteiger partial charge in [0.25, 0.3) is 0 Å². The fourth-order valence-electron chi connectivity index (χ4n) is 2.41. The Bertz CT molecular complexity index is 497. The van der Waals surface area contributed by atoms with Gasteiger partial charge in [-0.3, -0.25) is 0 Å². The summed E-state index contributed by atoms with van der Waals surface area (Å²) in [5, 5.41) is 4.65. The lowest BCUT2D eigenvalue weighted by molar-refractivity contribution is -0.0561. The van der Waals surface area contributed by atoms with Gasteiger partial charge in [0.2, 0.25) is 0 Å². The summed E-state index contributed by atoms with van der Waals surface area (Å²) >= 11 is 0. The first-order valence-electron chi connectivity index (χ1n) is 5.71. The zero-order valence-corrected chi connectivity index (χ0v) is 9.42. The summed E-state index contributed by atoms with van der Waals surface area (Å²) in [6.07, 6.45) is 2.07. The van der Waals surface area contributed by atoms with Crippen LogP contribution in [0.5, 0.6) is 0 Å². The van der Waals surface area contributed by atoms with Gasteiger partial charge in [-0.25, -0.2) is 0 Å². The van der Waals surface area contributed by atoms with Crippen LogP contribution in [-0.2, 0) is 10.3 Å². The molecule has 1 aromatic heterocycles. The van der Waals surface area contributed by atoms with E-state index in [0.717, 1.165) is 19.7 Å². The number of fused-ring (bicyclic) bond motifs is 1. The zero-order valence-electron chi connectivity index (χ0n) is 9.42. The number of benzene rings is 1. The van der Waals surface area contributed by atoms with Crippen LogP contribution in [0, 0.1) is 0 Å². The number of ether oxygens (including phenoxy) is 1. The number of hydrogen-bond acceptors (Lipinski definition) is 2. The molecule has 1 aliphatic rings. The van der Waals surface area contributed by atoms with Gasteiger partial charge in [-0.15, -0.1) is 0 Å². The molecule has 1 saturated heterocycles. The lowest BCUT2D eigenvalue weighted by Gasteiger charge is -2.34. The van der Waals surface area contributed by atoms with Crippen LogP contribution in [0.2, 0.25) is 0 Å². The predicted molar refractivity (Wildman–Crippen MR) is 64.5 cm³/mol. The van der Waals surface area contributed by atoms with Crippen molar-refractivity contribution >= 4 is 10.9 Å². The minimum absolute atomic E-state index is 0.210. The van der Waals surface area contributed by atoms with E-state index in [1.807, 2.05) is 6.07 Å². The minimum Gasteiger partial charge on any atom is -0.368 e. The third-order valence-corrected chi connectivity index (χ3v) is 3.32. The van der Waals surface area contributed by atoms with Crippen molar-refractivity contribution in [2.45, 2.75) is 12.5 Å². The molecule has 3 heteroatoms. The molecule has 0 radical (unpaired) electrons. The van der Waals surface area contributed by atoms with Gasteiger partial charge >= 0.3 is 0 Å². The quantitative estimate of drug-likeness (QED) is 0.765. The molecular weight excluding hydrogens is 200 g/mol. The second-order valence-corrected chi connectivity index (χ2v) is 4.50. The highest BCUT2D eigenvalue weighted by atomic mass is 16.5. The van der Waals surface area contributed by atoms with E-state index in [-0.39, 0.29) is 5.60 Å². The molecule has 1 aromatic carbocycles. The largest absolute Gasteiger partial charge is 0.368 e. The predicted octanol–water partition coefficient (Wildman–Crippen LogP) is 2.00. The van der Waals surface area contributed by atoms with E-state index in [1.54, 1.807) is 0 Å². The Labute approximate surface area is 94.8 Å². The Morgan fingerprint density at radius 3 is 3.00 bits per heavy atom. The Morgan fingerprint density at radius 2 is 2.19 bits per heavy atom. The fourth-order valence-corrected chi connectivity index (χ4v) is 2.41. The molecule has 0 bridgehead atoms. The van der Waals surface area contributed by atoms with E-state index < -0.39 is 0 Å². The molecule has 2 N–H and O–H groups in total. The first-order chi connectivity index (χ1) is 7.80. The fraction of sp³-hybridized carbons (Fsp3) is 0.385. The maximum atomic E-state index is 5.94. The van der Waals surface area contributed by atoms with E-state index in [2.05, 4.69) is 41.6 Å². The molecule has 3 rings (SSSR count). The molecule has 0 amide bonds. The van der Waals surface area contributed by atoms with Gasteiger partial charge in [-0.2, -0.15) is 0 Å². The van der Waals surface area contributed by atoms with Crippen molar-refractivity contribution in [2.24, 2.45) is 0 Å². The molecule has 1 fully saturated rings. The number of morpholine rings is 1. The van der Waals surface area contributed by atoms with Crippen LogP contribution >= 0.6 is 0 Å². The number of nitrogens with one attached hydrogen (secondary N) is 2. The van der Waals surface area contributed by atoms with Gasteiger partial charge in [0.1, 0.15) is 5.60 Å². The van der Waals surface area contributed by atoms with Crippen LogP contribution in [0.25, 0.3) is 10.9 Å². The second kappa shape index (κ2) is 3.61. The first-order valence-corrected chi connectivity index (χ1v) is 5.71. The van der Waals surface area contributed by atoms with Crippen LogP contribution < -0.4 is 5.32 Å². The Hall–Kier alpha value is -1.32. The zero-order chi connectivity index (χ0) is 11.0. The molecule has 0 saturated carbocycles. The van der Waals surface area contributed by atoms with Gasteiger partial charge in [0, 0.05) is 35.8 Å². The van der Waals surface area contributed by atoms with Crippen LogP contribution in [0.1, 0.15) is 12.5 Å². The summed E-state index contributed by atoms with van der Waals surface area (Å²) in [6, 6.07) is 8.35. The summed E-state index contributed by atoms with van der Waals surface area (Å²) in [5.41, 5.74) is 2.21. The lowest BCUT2D eigenvalue weighted by atomic mass is 9.94. The van der Waals surface area contributed by atoms with Crippen molar-refractivity contribution in [3.8, 4) is 0 Å². The smallest absolute Gasteiger partial charge is 0.105 e. The number of H-pyrrole nitrogens is 1. The summed E-state index contributed by atoms with van der Waals surface area (Å²) < 4.78 is 5.94. The average molecular weight is 216 g/mol. The molecule has 0 spiro atoms. The van der Waals surface area contributed by atoms with E-state index in [0.29, 0.717) is 0 Å². The molecule has 84 valence electrons. The highest BCUT2D eigenvalue weighted by molar-refractivity contribution is 5.84. The van der Waals surface area contributed by atoms with Crippen molar-refractivity contribution in [3.63, 3.8) is 0 Å². The standard InChI is InChI=1S/C13H16N2O/c1-13(9-14-6-7-16-13)11-8-15-12-5-3-2-4-10(11)12/h2-5,8,14-15H,6-7,9H2,1H3. The van der Waals surface area contributed by atoms with Crippen LogP contribution in [0.15, 0.2) is 30.5 Å². The molecule has 16 heavy (non-hydrogen) atoms. The minimum atomic E-state index is -0.210. The van der Waals surface area contributed by atoms with E-state index in [9.17, 15) is 0 Å². The molecule has 1 atom stereocenters. The molecule has 3 nitrogen and oxygen atoms in total. The van der Waals surface area contributed by atoms with Gasteiger partial charge in [0.05, 0.1) is 6.61 Å². The van der Waals surface area contributed by atoms with Gasteiger partial charge in [-0.05, 0) is 13.0 Å². The maximum Gasteiger partial charge on any atom is 0.105 e. The van der Waals surface area contributed by atoms with Crippen LogP contribution in [0.3, 0.4) is 0 Å². The monoisotopic (exact) mass is 216 g/mol. The van der Waals surface area contributed by atoms with Gasteiger partial charge < -0.3 is 15.0 Å². The first kappa shape index (κ1) is 9.87. The maximum absolute atomic E-state index is 5.94. The Kier molecular flexibility index (Phi) is 2.23. The Balaban J connectivity index is 2.11. The molecule has 0 aliphatic carbocycles. The van der Waals surface area contributed by atoms with E-state index in [1.165, 1.54) is 16.5 Å². The van der Waals surface area contributed by atoms with E-state index >= 15 is 0 Å². The summed E-state index contributed by atoms with van der Waals surface area (Å²) in [4.78, 5) is 3.30.